The van der Waals surface area contributed by atoms with Crippen molar-refractivity contribution in [2.45, 2.75) is 18.5 Å². The number of thiophene rings is 1. The molecular weight excluding hydrogens is 466 g/mol. The van der Waals surface area contributed by atoms with Crippen LogP contribution in [0.4, 0.5) is 11.4 Å². The first kappa shape index (κ1) is 23.2. The molecule has 2 saturated heterocycles. The predicted molar refractivity (Wildman–Crippen MR) is 124 cm³/mol. The van der Waals surface area contributed by atoms with Crippen LogP contribution in [0.3, 0.4) is 0 Å². The number of amides is 3. The molecular formula is C22H22ClN5O4S. The first-order valence-electron chi connectivity index (χ1n) is 10.4. The summed E-state index contributed by atoms with van der Waals surface area (Å²) in [6, 6.07) is 11.6. The minimum absolute atomic E-state index is 0.0616. The van der Waals surface area contributed by atoms with Gasteiger partial charge in [0.2, 0.25) is 5.91 Å². The van der Waals surface area contributed by atoms with Gasteiger partial charge in [-0.05, 0) is 42.8 Å². The van der Waals surface area contributed by atoms with E-state index >= 15 is 0 Å². The lowest BCUT2D eigenvalue weighted by Gasteiger charge is -2.27. The zero-order valence-electron chi connectivity index (χ0n) is 17.6. The maximum absolute atomic E-state index is 13.0. The molecule has 2 atom stereocenters. The van der Waals surface area contributed by atoms with E-state index in [-0.39, 0.29) is 36.9 Å². The molecule has 0 saturated carbocycles. The van der Waals surface area contributed by atoms with Crippen molar-refractivity contribution in [1.82, 2.24) is 10.2 Å². The number of nitrogens with one attached hydrogen (secondary N) is 2. The zero-order chi connectivity index (χ0) is 23.4. The van der Waals surface area contributed by atoms with Crippen molar-refractivity contribution >= 4 is 52.0 Å². The number of halogens is 1. The van der Waals surface area contributed by atoms with Crippen LogP contribution in [-0.4, -0.2) is 67.6 Å². The zero-order valence-corrected chi connectivity index (χ0v) is 19.2. The molecule has 2 aromatic rings. The summed E-state index contributed by atoms with van der Waals surface area (Å²) >= 11 is 7.09. The Morgan fingerprint density at radius 2 is 2.03 bits per heavy atom. The molecule has 3 heterocycles. The van der Waals surface area contributed by atoms with Crippen molar-refractivity contribution in [3.8, 4) is 6.07 Å². The Kier molecular flexibility index (Phi) is 7.25. The molecule has 1 unspecified atom stereocenters. The van der Waals surface area contributed by atoms with E-state index in [9.17, 15) is 19.6 Å². The maximum atomic E-state index is 13.0. The van der Waals surface area contributed by atoms with Gasteiger partial charge in [-0.2, -0.15) is 5.26 Å². The lowest BCUT2D eigenvalue weighted by Crippen LogP contribution is -2.41. The number of ether oxygens (including phenoxy) is 1. The van der Waals surface area contributed by atoms with Crippen molar-refractivity contribution in [2.75, 3.05) is 43.1 Å². The molecule has 9 nitrogen and oxygen atoms in total. The minimum Gasteiger partial charge on any atom is -0.370 e. The van der Waals surface area contributed by atoms with Gasteiger partial charge in [-0.25, -0.2) is 0 Å². The van der Waals surface area contributed by atoms with Gasteiger partial charge >= 0.3 is 0 Å². The molecule has 0 bridgehead atoms. The van der Waals surface area contributed by atoms with Gasteiger partial charge in [-0.15, -0.1) is 11.3 Å². The molecule has 172 valence electrons. The number of morpholine rings is 1. The number of benzene rings is 1. The smallest absolute Gasteiger partial charge is 0.261 e. The molecule has 0 radical (unpaired) electrons. The molecule has 2 fully saturated rings. The van der Waals surface area contributed by atoms with Crippen LogP contribution in [-0.2, 0) is 14.3 Å². The van der Waals surface area contributed by atoms with E-state index in [1.165, 1.54) is 11.3 Å². The fourth-order valence-corrected chi connectivity index (χ4v) is 4.93. The fraction of sp³-hybridized carbons (Fsp3) is 0.364. The number of nitrogens with zero attached hydrogens (tertiary/aromatic N) is 3. The number of carbonyl (C=O) groups excluding carboxylic acids is 3. The van der Waals surface area contributed by atoms with E-state index in [1.807, 2.05) is 0 Å². The summed E-state index contributed by atoms with van der Waals surface area (Å²) in [7, 11) is 0. The van der Waals surface area contributed by atoms with Crippen LogP contribution >= 0.6 is 22.9 Å². The van der Waals surface area contributed by atoms with Gasteiger partial charge in [0.25, 0.3) is 11.8 Å². The Labute approximate surface area is 199 Å². The highest BCUT2D eigenvalue weighted by Crippen LogP contribution is 2.24. The highest BCUT2D eigenvalue weighted by Gasteiger charge is 2.37. The maximum Gasteiger partial charge on any atom is 0.261 e. The van der Waals surface area contributed by atoms with E-state index in [4.69, 9.17) is 16.3 Å². The molecule has 2 aliphatic heterocycles. The van der Waals surface area contributed by atoms with Crippen LogP contribution in [0.5, 0.6) is 0 Å². The van der Waals surface area contributed by atoms with Crippen LogP contribution in [0.1, 0.15) is 16.1 Å². The molecule has 2 N–H and O–H groups in total. The summed E-state index contributed by atoms with van der Waals surface area (Å²) in [6.07, 6.45) is 0.388. The first-order chi connectivity index (χ1) is 15.9. The Balaban J connectivity index is 1.38. The average molecular weight is 488 g/mol. The number of carbonyl (C=O) groups is 3. The second-order valence-electron chi connectivity index (χ2n) is 7.75. The Hall–Kier alpha value is -2.97. The largest absolute Gasteiger partial charge is 0.370 e. The van der Waals surface area contributed by atoms with E-state index in [2.05, 4.69) is 16.7 Å². The highest BCUT2D eigenvalue weighted by molar-refractivity contribution is 7.18. The quantitative estimate of drug-likeness (QED) is 0.603. The molecule has 4 rings (SSSR count). The van der Waals surface area contributed by atoms with E-state index in [1.54, 1.807) is 46.2 Å². The van der Waals surface area contributed by atoms with Gasteiger partial charge in [0.1, 0.15) is 6.61 Å². The van der Waals surface area contributed by atoms with Gasteiger partial charge in [-0.3, -0.25) is 19.3 Å². The van der Waals surface area contributed by atoms with Crippen LogP contribution in [0.15, 0.2) is 36.4 Å². The number of likely N-dealkylation sites (tertiary alicyclic amines) is 1. The van der Waals surface area contributed by atoms with Crippen LogP contribution < -0.4 is 15.5 Å². The number of hydrogen-bond acceptors (Lipinski definition) is 7. The van der Waals surface area contributed by atoms with Crippen LogP contribution in [0.25, 0.3) is 0 Å². The lowest BCUT2D eigenvalue weighted by molar-refractivity contribution is -0.125. The van der Waals surface area contributed by atoms with Gasteiger partial charge in [0.05, 0.1) is 34.5 Å². The Morgan fingerprint density at radius 3 is 2.70 bits per heavy atom. The van der Waals surface area contributed by atoms with E-state index in [0.29, 0.717) is 41.0 Å². The third kappa shape index (κ3) is 5.51. The number of anilines is 2. The summed E-state index contributed by atoms with van der Waals surface area (Å²) < 4.78 is 5.67. The normalized spacial score (nSPS) is 21.0. The summed E-state index contributed by atoms with van der Waals surface area (Å²) in [5, 5.41) is 15.0. The molecule has 33 heavy (non-hydrogen) atoms. The predicted octanol–water partition coefficient (Wildman–Crippen LogP) is 2.10. The summed E-state index contributed by atoms with van der Waals surface area (Å²) in [6.45, 7) is 1.51. The number of rotatable bonds is 6. The van der Waals surface area contributed by atoms with Gasteiger partial charge < -0.3 is 20.3 Å². The minimum atomic E-state index is -0.553. The highest BCUT2D eigenvalue weighted by atomic mass is 35.5. The molecule has 1 aromatic carbocycles. The molecule has 1 aromatic heterocycles. The molecule has 0 aliphatic carbocycles. The average Bonchev–Trinajstić information content (AvgIpc) is 3.41. The van der Waals surface area contributed by atoms with E-state index < -0.39 is 6.04 Å². The summed E-state index contributed by atoms with van der Waals surface area (Å²) in [5.41, 5.74) is 1.33. The van der Waals surface area contributed by atoms with E-state index in [0.717, 1.165) is 5.69 Å². The second-order valence-corrected chi connectivity index (χ2v) is 9.46. The molecule has 2 aliphatic rings. The number of hydrogen-bond donors (Lipinski definition) is 2. The standard InChI is InChI=1S/C22H22ClN5O4S/c23-19-6-5-18(33-19)22(31)26-15-11-17(27(12-15)8-7-24)21(30)25-14-1-3-16(4-2-14)28-9-10-32-13-20(28)29/h1-6,15,17H,8-13H2,(H,25,30)(H,26,31)/t15-,17?/m0/s1. The third-order valence-electron chi connectivity index (χ3n) is 5.54. The van der Waals surface area contributed by atoms with Crippen molar-refractivity contribution < 1.29 is 19.1 Å². The van der Waals surface area contributed by atoms with Crippen molar-refractivity contribution in [2.24, 2.45) is 0 Å². The monoisotopic (exact) mass is 487 g/mol. The summed E-state index contributed by atoms with van der Waals surface area (Å²) in [5.74, 6) is -0.603. The van der Waals surface area contributed by atoms with Crippen molar-refractivity contribution in [1.29, 1.82) is 5.26 Å². The second kappa shape index (κ2) is 10.3. The Bertz CT molecular complexity index is 1080. The third-order valence-corrected chi connectivity index (χ3v) is 6.77. The molecule has 0 spiro atoms. The number of nitriles is 1. The molecule has 3 amide bonds. The molecule has 11 heteroatoms. The van der Waals surface area contributed by atoms with Crippen LogP contribution in [0, 0.1) is 11.3 Å². The lowest BCUT2D eigenvalue weighted by atomic mass is 10.1. The SMILES string of the molecule is N#CCN1C[C@@H](NC(=O)c2ccc(Cl)s2)CC1C(=O)Nc1ccc(N2CCOCC2=O)cc1. The van der Waals surface area contributed by atoms with Gasteiger partial charge in [0, 0.05) is 30.5 Å². The topological polar surface area (TPSA) is 115 Å². The Morgan fingerprint density at radius 1 is 1.24 bits per heavy atom. The van der Waals surface area contributed by atoms with Gasteiger partial charge in [-0.1, -0.05) is 11.6 Å². The van der Waals surface area contributed by atoms with Gasteiger partial charge in [0.15, 0.2) is 0 Å². The van der Waals surface area contributed by atoms with Crippen molar-refractivity contribution in [3.63, 3.8) is 0 Å². The fourth-order valence-electron chi connectivity index (χ4n) is 3.98. The van der Waals surface area contributed by atoms with Crippen LogP contribution in [0.2, 0.25) is 4.34 Å². The van der Waals surface area contributed by atoms with Crippen molar-refractivity contribution in [3.05, 3.63) is 45.6 Å². The summed E-state index contributed by atoms with van der Waals surface area (Å²) in [4.78, 5) is 41.3. The first-order valence-corrected chi connectivity index (χ1v) is 11.6.